The number of aromatic nitrogens is 1. The molecule has 0 saturated carbocycles. The van der Waals surface area contributed by atoms with E-state index in [-0.39, 0.29) is 6.61 Å². The van der Waals surface area contributed by atoms with Crippen molar-refractivity contribution in [3.05, 3.63) is 24.0 Å². The Morgan fingerprint density at radius 1 is 1.43 bits per heavy atom. The lowest BCUT2D eigenvalue weighted by Crippen LogP contribution is -2.46. The maximum absolute atomic E-state index is 12.4. The van der Waals surface area contributed by atoms with E-state index in [0.717, 1.165) is 5.56 Å². The molecular formula is C15H20N2O4. The number of carbonyl (C=O) groups is 2. The minimum Gasteiger partial charge on any atom is -0.464 e. The topological polar surface area (TPSA) is 68.7 Å². The maximum atomic E-state index is 12.4. The standard InChI is InChI=1S/C15H20N2O4/c1-5-20-13(18)12-8-10-9-16-7-6-11(10)17(12)14(19)21-15(2,3)4/h6-7,9,12H,5,8H2,1-4H3. The molecule has 1 aliphatic rings. The fourth-order valence-electron chi connectivity index (χ4n) is 2.24. The summed E-state index contributed by atoms with van der Waals surface area (Å²) in [5, 5.41) is 0. The van der Waals surface area contributed by atoms with Crippen LogP contribution in [0.5, 0.6) is 0 Å². The lowest BCUT2D eigenvalue weighted by molar-refractivity contribution is -0.144. The second-order valence-electron chi connectivity index (χ2n) is 5.83. The maximum Gasteiger partial charge on any atom is 0.415 e. The van der Waals surface area contributed by atoms with Crippen molar-refractivity contribution >= 4 is 17.7 Å². The van der Waals surface area contributed by atoms with Gasteiger partial charge in [-0.2, -0.15) is 0 Å². The molecule has 6 heteroatoms. The molecule has 0 spiro atoms. The van der Waals surface area contributed by atoms with Gasteiger partial charge in [0.25, 0.3) is 0 Å². The Labute approximate surface area is 124 Å². The molecule has 6 nitrogen and oxygen atoms in total. The third kappa shape index (κ3) is 3.32. The van der Waals surface area contributed by atoms with E-state index in [2.05, 4.69) is 4.98 Å². The van der Waals surface area contributed by atoms with Crippen LogP contribution in [0.3, 0.4) is 0 Å². The monoisotopic (exact) mass is 292 g/mol. The number of esters is 1. The van der Waals surface area contributed by atoms with Crippen molar-refractivity contribution in [2.45, 2.75) is 45.8 Å². The minimum atomic E-state index is -0.695. The number of carbonyl (C=O) groups excluding carboxylic acids is 2. The number of hydrogen-bond donors (Lipinski definition) is 0. The number of nitrogens with zero attached hydrogens (tertiary/aromatic N) is 2. The van der Waals surface area contributed by atoms with Gasteiger partial charge in [-0.1, -0.05) is 0 Å². The van der Waals surface area contributed by atoms with E-state index >= 15 is 0 Å². The van der Waals surface area contributed by atoms with E-state index in [1.807, 2.05) is 0 Å². The summed E-state index contributed by atoms with van der Waals surface area (Å²) >= 11 is 0. The van der Waals surface area contributed by atoms with E-state index < -0.39 is 23.7 Å². The number of hydrogen-bond acceptors (Lipinski definition) is 5. The van der Waals surface area contributed by atoms with Gasteiger partial charge in [0.05, 0.1) is 12.3 Å². The van der Waals surface area contributed by atoms with E-state index in [1.54, 1.807) is 46.2 Å². The first-order chi connectivity index (χ1) is 9.83. The summed E-state index contributed by atoms with van der Waals surface area (Å²) in [5.74, 6) is -0.431. The van der Waals surface area contributed by atoms with Crippen molar-refractivity contribution in [3.63, 3.8) is 0 Å². The van der Waals surface area contributed by atoms with Gasteiger partial charge in [0.1, 0.15) is 11.6 Å². The lowest BCUT2D eigenvalue weighted by Gasteiger charge is -2.28. The highest BCUT2D eigenvalue weighted by Gasteiger charge is 2.41. The third-order valence-electron chi connectivity index (χ3n) is 3.01. The highest BCUT2D eigenvalue weighted by atomic mass is 16.6. The molecule has 0 N–H and O–H groups in total. The fourth-order valence-corrected chi connectivity index (χ4v) is 2.24. The Morgan fingerprint density at radius 2 is 2.14 bits per heavy atom. The number of anilines is 1. The molecule has 1 amide bonds. The molecule has 1 atom stereocenters. The molecule has 2 rings (SSSR count). The number of amides is 1. The first kappa shape index (κ1) is 15.3. The summed E-state index contributed by atoms with van der Waals surface area (Å²) in [6, 6.07) is 1.01. The van der Waals surface area contributed by atoms with Crippen molar-refractivity contribution in [1.29, 1.82) is 0 Å². The van der Waals surface area contributed by atoms with Crippen molar-refractivity contribution < 1.29 is 19.1 Å². The van der Waals surface area contributed by atoms with Crippen molar-refractivity contribution in [3.8, 4) is 0 Å². The SMILES string of the molecule is CCOC(=O)C1Cc2cnccc2N1C(=O)OC(C)(C)C. The van der Waals surface area contributed by atoms with Crippen LogP contribution in [0.4, 0.5) is 10.5 Å². The molecule has 1 aliphatic heterocycles. The largest absolute Gasteiger partial charge is 0.464 e. The summed E-state index contributed by atoms with van der Waals surface area (Å²) in [7, 11) is 0. The smallest absolute Gasteiger partial charge is 0.415 e. The number of rotatable bonds is 2. The molecule has 1 aromatic rings. The highest BCUT2D eigenvalue weighted by Crippen LogP contribution is 2.33. The second-order valence-corrected chi connectivity index (χ2v) is 5.83. The van der Waals surface area contributed by atoms with Crippen LogP contribution in [0.1, 0.15) is 33.3 Å². The summed E-state index contributed by atoms with van der Waals surface area (Å²) in [5.41, 5.74) is 0.852. The minimum absolute atomic E-state index is 0.270. The van der Waals surface area contributed by atoms with Crippen LogP contribution >= 0.6 is 0 Å². The molecule has 0 bridgehead atoms. The molecule has 21 heavy (non-hydrogen) atoms. The highest BCUT2D eigenvalue weighted by molar-refractivity contribution is 5.99. The van der Waals surface area contributed by atoms with Crippen LogP contribution in [0.25, 0.3) is 0 Å². The number of ether oxygens (including phenoxy) is 2. The van der Waals surface area contributed by atoms with Crippen LogP contribution in [-0.2, 0) is 20.7 Å². The molecule has 1 aromatic heterocycles. The first-order valence-corrected chi connectivity index (χ1v) is 6.95. The third-order valence-corrected chi connectivity index (χ3v) is 3.01. The Morgan fingerprint density at radius 3 is 2.76 bits per heavy atom. The summed E-state index contributed by atoms with van der Waals surface area (Å²) in [6.07, 6.45) is 3.09. The summed E-state index contributed by atoms with van der Waals surface area (Å²) in [6.45, 7) is 7.36. The average molecular weight is 292 g/mol. The van der Waals surface area contributed by atoms with Gasteiger partial charge in [-0.25, -0.2) is 9.59 Å². The van der Waals surface area contributed by atoms with Gasteiger partial charge >= 0.3 is 12.1 Å². The van der Waals surface area contributed by atoms with Gasteiger partial charge < -0.3 is 9.47 Å². The fraction of sp³-hybridized carbons (Fsp3) is 0.533. The van der Waals surface area contributed by atoms with Gasteiger partial charge in [0, 0.05) is 18.8 Å². The van der Waals surface area contributed by atoms with Gasteiger partial charge in [-0.05, 0) is 39.3 Å². The van der Waals surface area contributed by atoms with Crippen molar-refractivity contribution in [1.82, 2.24) is 4.98 Å². The van der Waals surface area contributed by atoms with Crippen LogP contribution in [-0.4, -0.2) is 35.3 Å². The van der Waals surface area contributed by atoms with Gasteiger partial charge in [0.2, 0.25) is 0 Å². The first-order valence-electron chi connectivity index (χ1n) is 6.95. The molecule has 0 aliphatic carbocycles. The molecule has 0 fully saturated rings. The van der Waals surface area contributed by atoms with Gasteiger partial charge in [-0.15, -0.1) is 0 Å². The van der Waals surface area contributed by atoms with Gasteiger partial charge in [0.15, 0.2) is 0 Å². The molecule has 1 unspecified atom stereocenters. The Bertz CT molecular complexity index is 551. The molecule has 0 saturated heterocycles. The molecule has 0 aromatic carbocycles. The summed E-state index contributed by atoms with van der Waals surface area (Å²) < 4.78 is 10.5. The van der Waals surface area contributed by atoms with E-state index in [0.29, 0.717) is 12.1 Å². The number of pyridine rings is 1. The van der Waals surface area contributed by atoms with Crippen LogP contribution in [0.2, 0.25) is 0 Å². The molecular weight excluding hydrogens is 272 g/mol. The average Bonchev–Trinajstić information content (AvgIpc) is 2.76. The molecule has 2 heterocycles. The van der Waals surface area contributed by atoms with Crippen LogP contribution in [0, 0.1) is 0 Å². The van der Waals surface area contributed by atoms with Crippen LogP contribution in [0.15, 0.2) is 18.5 Å². The normalized spacial score (nSPS) is 17.3. The Balaban J connectivity index is 2.31. The Kier molecular flexibility index (Phi) is 4.16. The van der Waals surface area contributed by atoms with Crippen molar-refractivity contribution in [2.75, 3.05) is 11.5 Å². The quantitative estimate of drug-likeness (QED) is 0.782. The van der Waals surface area contributed by atoms with Crippen LogP contribution < -0.4 is 4.90 Å². The zero-order valence-corrected chi connectivity index (χ0v) is 12.8. The predicted octanol–water partition coefficient (Wildman–Crippen LogP) is 2.31. The Hall–Kier alpha value is -2.11. The van der Waals surface area contributed by atoms with Crippen molar-refractivity contribution in [2.24, 2.45) is 0 Å². The molecule has 0 radical (unpaired) electrons. The zero-order valence-electron chi connectivity index (χ0n) is 12.8. The zero-order chi connectivity index (χ0) is 15.6. The predicted molar refractivity (Wildman–Crippen MR) is 77.1 cm³/mol. The van der Waals surface area contributed by atoms with E-state index in [9.17, 15) is 9.59 Å². The lowest BCUT2D eigenvalue weighted by atomic mass is 10.1. The number of fused-ring (bicyclic) bond motifs is 1. The van der Waals surface area contributed by atoms with E-state index in [4.69, 9.17) is 9.47 Å². The molecule has 114 valence electrons. The van der Waals surface area contributed by atoms with E-state index in [1.165, 1.54) is 4.90 Å². The second kappa shape index (κ2) is 5.71. The van der Waals surface area contributed by atoms with Gasteiger partial charge in [-0.3, -0.25) is 9.88 Å². The summed E-state index contributed by atoms with van der Waals surface area (Å²) in [4.78, 5) is 29.9.